The van der Waals surface area contributed by atoms with E-state index in [1.165, 1.54) is 13.8 Å². The molecular formula is C13H24CaN2O7. The molecule has 0 aromatic rings. The van der Waals surface area contributed by atoms with Crippen LogP contribution in [0.4, 0.5) is 0 Å². The number of aliphatic hydroxyl groups excluding tert-OH is 2. The molecule has 0 amide bonds. The van der Waals surface area contributed by atoms with Gasteiger partial charge >= 0.3 is 43.7 Å². The van der Waals surface area contributed by atoms with Crippen LogP contribution in [0.3, 0.4) is 0 Å². The summed E-state index contributed by atoms with van der Waals surface area (Å²) in [4.78, 5) is 23.1. The van der Waals surface area contributed by atoms with Gasteiger partial charge in [0.05, 0.1) is 12.7 Å². The minimum Gasteiger partial charge on any atom is -0.860 e. The van der Waals surface area contributed by atoms with E-state index in [2.05, 4.69) is 4.99 Å². The smallest absolute Gasteiger partial charge is 0.860 e. The minimum absolute atomic E-state index is 0. The van der Waals surface area contributed by atoms with Crippen molar-refractivity contribution >= 4 is 55.6 Å². The second kappa shape index (κ2) is 15.1. The van der Waals surface area contributed by atoms with Gasteiger partial charge < -0.3 is 41.1 Å². The number of carboxylic acid groups (broad SMARTS) is 2. The third-order valence-electron chi connectivity index (χ3n) is 2.56. The van der Waals surface area contributed by atoms with Crippen LogP contribution in [0.2, 0.25) is 0 Å². The van der Waals surface area contributed by atoms with Crippen molar-refractivity contribution in [2.45, 2.75) is 39.2 Å². The van der Waals surface area contributed by atoms with Crippen LogP contribution in [0.25, 0.3) is 0 Å². The van der Waals surface area contributed by atoms with Gasteiger partial charge in [-0.1, -0.05) is 13.8 Å². The van der Waals surface area contributed by atoms with E-state index in [-0.39, 0.29) is 63.7 Å². The van der Waals surface area contributed by atoms with Gasteiger partial charge in [-0.2, -0.15) is 0 Å². The first kappa shape index (κ1) is 27.4. The second-order valence-electron chi connectivity index (χ2n) is 5.18. The van der Waals surface area contributed by atoms with Crippen molar-refractivity contribution < 1.29 is 35.1 Å². The fraction of sp³-hybridized carbons (Fsp3) is 0.769. The van der Waals surface area contributed by atoms with E-state index in [0.717, 1.165) is 0 Å². The molecule has 0 saturated carbocycles. The number of nitrogens with two attached hydrogens (primary N) is 1. The molecule has 23 heavy (non-hydrogen) atoms. The second-order valence-corrected chi connectivity index (χ2v) is 5.18. The number of aliphatic imine (C=N–C) groups is 1. The molecule has 0 spiro atoms. The number of carboxylic acids is 2. The SMILES string of the molecule is CC(C)(CO)C(O)C([O-])=NCCC(=O)[O-].NCCCC(=O)O.[Ca+2]. The number of hydrogen-bond acceptors (Lipinski definition) is 8. The first-order chi connectivity index (χ1) is 10.1. The molecule has 1 atom stereocenters. The van der Waals surface area contributed by atoms with E-state index >= 15 is 0 Å². The summed E-state index contributed by atoms with van der Waals surface area (Å²) in [5.74, 6) is -2.90. The van der Waals surface area contributed by atoms with Crippen LogP contribution in [0, 0.1) is 5.41 Å². The molecule has 0 aliphatic carbocycles. The Balaban J connectivity index is -0.000000425. The molecule has 0 heterocycles. The maximum Gasteiger partial charge on any atom is 2.00 e. The molecule has 0 bridgehead atoms. The first-order valence-electron chi connectivity index (χ1n) is 6.70. The average molecular weight is 360 g/mol. The summed E-state index contributed by atoms with van der Waals surface area (Å²) in [5, 5.41) is 47.5. The number of hydrogen-bond donors (Lipinski definition) is 4. The molecule has 0 radical (unpaired) electrons. The average Bonchev–Trinajstić information content (AvgIpc) is 2.44. The summed E-state index contributed by atoms with van der Waals surface area (Å²) in [6.45, 7) is 2.88. The Morgan fingerprint density at radius 1 is 1.26 bits per heavy atom. The molecule has 1 unspecified atom stereocenters. The monoisotopic (exact) mass is 360 g/mol. The van der Waals surface area contributed by atoms with Gasteiger partial charge in [0.25, 0.3) is 0 Å². The van der Waals surface area contributed by atoms with Crippen molar-refractivity contribution in [3.63, 3.8) is 0 Å². The van der Waals surface area contributed by atoms with E-state index in [0.29, 0.717) is 13.0 Å². The zero-order valence-corrected chi connectivity index (χ0v) is 15.7. The van der Waals surface area contributed by atoms with E-state index in [9.17, 15) is 24.9 Å². The molecule has 10 heteroatoms. The molecule has 0 fully saturated rings. The molecule has 5 N–H and O–H groups in total. The molecule has 0 aliphatic rings. The van der Waals surface area contributed by atoms with Crippen molar-refractivity contribution in [1.29, 1.82) is 0 Å². The summed E-state index contributed by atoms with van der Waals surface area (Å²) in [7, 11) is 0. The molecule has 9 nitrogen and oxygen atoms in total. The molecule has 0 aromatic carbocycles. The summed E-state index contributed by atoms with van der Waals surface area (Å²) in [6.07, 6.45) is -1.02. The number of carbonyl (C=O) groups is 2. The number of rotatable bonds is 9. The predicted octanol–water partition coefficient (Wildman–Crippen LogP) is -3.31. The Morgan fingerprint density at radius 3 is 2.09 bits per heavy atom. The number of carbonyl (C=O) groups excluding carboxylic acids is 1. The zero-order valence-electron chi connectivity index (χ0n) is 13.5. The van der Waals surface area contributed by atoms with Crippen LogP contribution in [0.5, 0.6) is 0 Å². The first-order valence-corrected chi connectivity index (χ1v) is 6.70. The maximum absolute atomic E-state index is 11.2. The van der Waals surface area contributed by atoms with E-state index < -0.39 is 29.4 Å². The van der Waals surface area contributed by atoms with Crippen molar-refractivity contribution in [3.05, 3.63) is 0 Å². The topological polar surface area (TPSA) is 179 Å². The van der Waals surface area contributed by atoms with Gasteiger partial charge in [-0.25, -0.2) is 0 Å². The van der Waals surface area contributed by atoms with Gasteiger partial charge in [0.1, 0.15) is 0 Å². The van der Waals surface area contributed by atoms with Gasteiger partial charge in [0.15, 0.2) is 0 Å². The minimum atomic E-state index is -1.43. The third-order valence-corrected chi connectivity index (χ3v) is 2.56. The molecule has 0 rings (SSSR count). The summed E-state index contributed by atoms with van der Waals surface area (Å²) in [6, 6.07) is 0. The normalized spacial score (nSPS) is 12.5. The van der Waals surface area contributed by atoms with Gasteiger partial charge in [-0.05, 0) is 18.9 Å². The maximum atomic E-state index is 11.2. The van der Waals surface area contributed by atoms with Crippen LogP contribution in [-0.2, 0) is 9.59 Å². The van der Waals surface area contributed by atoms with Gasteiger partial charge in [0.2, 0.25) is 0 Å². The van der Waals surface area contributed by atoms with Crippen molar-refractivity contribution in [2.24, 2.45) is 16.1 Å². The molecular weight excluding hydrogens is 336 g/mol. The van der Waals surface area contributed by atoms with Crippen LogP contribution in [0.15, 0.2) is 4.99 Å². The Hall–Kier alpha value is -0.450. The largest absolute Gasteiger partial charge is 2.00 e. The number of aliphatic hydroxyl groups is 2. The fourth-order valence-corrected chi connectivity index (χ4v) is 1.02. The van der Waals surface area contributed by atoms with Crippen LogP contribution in [0.1, 0.15) is 33.1 Å². The molecule has 0 aromatic heterocycles. The van der Waals surface area contributed by atoms with Gasteiger partial charge in [0, 0.05) is 30.8 Å². The predicted molar refractivity (Wildman–Crippen MR) is 80.5 cm³/mol. The Bertz CT molecular complexity index is 375. The summed E-state index contributed by atoms with van der Waals surface area (Å²) in [5.41, 5.74) is 4.03. The van der Waals surface area contributed by atoms with Crippen LogP contribution < -0.4 is 15.9 Å². The molecule has 130 valence electrons. The zero-order chi connectivity index (χ0) is 17.8. The fourth-order valence-electron chi connectivity index (χ4n) is 1.02. The Labute approximate surface area is 165 Å². The number of aliphatic carboxylic acids is 2. The third kappa shape index (κ3) is 16.2. The Morgan fingerprint density at radius 2 is 1.78 bits per heavy atom. The number of nitrogens with zero attached hydrogens (tertiary/aromatic N) is 1. The summed E-state index contributed by atoms with van der Waals surface area (Å²) >= 11 is 0. The molecule has 0 saturated heterocycles. The van der Waals surface area contributed by atoms with Gasteiger partial charge in [-0.3, -0.25) is 4.79 Å². The van der Waals surface area contributed by atoms with Crippen molar-refractivity contribution in [3.8, 4) is 0 Å². The van der Waals surface area contributed by atoms with Gasteiger partial charge in [-0.15, -0.1) is 0 Å². The van der Waals surface area contributed by atoms with Crippen molar-refractivity contribution in [1.82, 2.24) is 0 Å². The van der Waals surface area contributed by atoms with Crippen LogP contribution >= 0.6 is 0 Å². The summed E-state index contributed by atoms with van der Waals surface area (Å²) < 4.78 is 0. The van der Waals surface area contributed by atoms with E-state index in [1.54, 1.807) is 0 Å². The Kier molecular flexibility index (Phi) is 18.0. The molecule has 0 aliphatic heterocycles. The van der Waals surface area contributed by atoms with E-state index in [1.807, 2.05) is 0 Å². The standard InChI is InChI=1S/C9H17NO5.C4H9NO2.Ca/c1-9(2,5-11)7(14)8(15)10-4-3-6(12)13;5-3-1-2-4(6)7;/h7,11,14H,3-5H2,1-2H3,(H,10,15)(H,12,13);1-3,5H2,(H,6,7);/q;;+2/p-2. The van der Waals surface area contributed by atoms with Crippen LogP contribution in [-0.4, -0.2) is 96.7 Å². The quantitative estimate of drug-likeness (QED) is 0.187. The van der Waals surface area contributed by atoms with E-state index in [4.69, 9.17) is 15.9 Å². The van der Waals surface area contributed by atoms with Crippen molar-refractivity contribution in [2.75, 3.05) is 19.7 Å².